The molecule has 1 aromatic carbocycles. The molecule has 1 rings (SSSR count). The van der Waals surface area contributed by atoms with Crippen LogP contribution in [0.1, 0.15) is 11.1 Å². The van der Waals surface area contributed by atoms with Gasteiger partial charge < -0.3 is 4.74 Å². The molecular weight excluding hydrogens is 205 g/mol. The normalized spacial score (nSPS) is 11.5. The minimum atomic E-state index is -4.35. The molecule has 0 radical (unpaired) electrons. The summed E-state index contributed by atoms with van der Waals surface area (Å²) in [5, 5.41) is 0. The Kier molecular flexibility index (Phi) is 3.52. The highest BCUT2D eigenvalue weighted by atomic mass is 19.4. The zero-order chi connectivity index (χ0) is 11.5. The van der Waals surface area contributed by atoms with Crippen molar-refractivity contribution in [2.75, 3.05) is 13.7 Å². The van der Waals surface area contributed by atoms with Crippen LogP contribution in [-0.2, 0) is 10.9 Å². The van der Waals surface area contributed by atoms with Crippen LogP contribution in [0.15, 0.2) is 30.8 Å². The first kappa shape index (κ1) is 11.8. The lowest BCUT2D eigenvalue weighted by Crippen LogP contribution is -2.09. The molecule has 0 N–H and O–H groups in total. The Morgan fingerprint density at radius 1 is 1.33 bits per heavy atom. The SMILES string of the molecule is C=C(COC)c1ccccc1C(F)(F)F. The quantitative estimate of drug-likeness (QED) is 0.752. The highest BCUT2D eigenvalue weighted by molar-refractivity contribution is 5.67. The highest BCUT2D eigenvalue weighted by Crippen LogP contribution is 2.34. The van der Waals surface area contributed by atoms with Gasteiger partial charge in [-0.15, -0.1) is 0 Å². The standard InChI is InChI=1S/C11H11F3O/c1-8(7-15-2)9-5-3-4-6-10(9)11(12,13)14/h3-6H,1,7H2,2H3. The third-order valence-corrected chi connectivity index (χ3v) is 1.93. The molecule has 15 heavy (non-hydrogen) atoms. The zero-order valence-corrected chi connectivity index (χ0v) is 8.27. The summed E-state index contributed by atoms with van der Waals surface area (Å²) in [7, 11) is 1.42. The average Bonchev–Trinajstić information content (AvgIpc) is 2.17. The van der Waals surface area contributed by atoms with E-state index in [2.05, 4.69) is 6.58 Å². The smallest absolute Gasteiger partial charge is 0.380 e. The van der Waals surface area contributed by atoms with Gasteiger partial charge in [0.25, 0.3) is 0 Å². The second-order valence-corrected chi connectivity index (χ2v) is 3.08. The van der Waals surface area contributed by atoms with E-state index in [1.807, 2.05) is 0 Å². The van der Waals surface area contributed by atoms with Crippen LogP contribution in [0, 0.1) is 0 Å². The van der Waals surface area contributed by atoms with E-state index >= 15 is 0 Å². The van der Waals surface area contributed by atoms with Crippen molar-refractivity contribution in [3.63, 3.8) is 0 Å². The molecule has 0 aliphatic carbocycles. The summed E-state index contributed by atoms with van der Waals surface area (Å²) in [6.45, 7) is 3.65. The van der Waals surface area contributed by atoms with Crippen LogP contribution >= 0.6 is 0 Å². The molecule has 0 aromatic heterocycles. The van der Waals surface area contributed by atoms with Crippen LogP contribution in [-0.4, -0.2) is 13.7 Å². The molecule has 0 heterocycles. The van der Waals surface area contributed by atoms with Crippen LogP contribution < -0.4 is 0 Å². The van der Waals surface area contributed by atoms with Gasteiger partial charge in [0.05, 0.1) is 12.2 Å². The van der Waals surface area contributed by atoms with Gasteiger partial charge >= 0.3 is 6.18 Å². The number of ether oxygens (including phenoxy) is 1. The van der Waals surface area contributed by atoms with Crippen LogP contribution in [0.2, 0.25) is 0 Å². The maximum atomic E-state index is 12.6. The second-order valence-electron chi connectivity index (χ2n) is 3.08. The predicted molar refractivity (Wildman–Crippen MR) is 52.4 cm³/mol. The van der Waals surface area contributed by atoms with Crippen molar-refractivity contribution in [2.45, 2.75) is 6.18 Å². The van der Waals surface area contributed by atoms with E-state index in [9.17, 15) is 13.2 Å². The van der Waals surface area contributed by atoms with Gasteiger partial charge in [0, 0.05) is 7.11 Å². The third-order valence-electron chi connectivity index (χ3n) is 1.93. The molecule has 82 valence electrons. The number of rotatable bonds is 3. The van der Waals surface area contributed by atoms with Gasteiger partial charge in [-0.3, -0.25) is 0 Å². The van der Waals surface area contributed by atoms with E-state index in [1.165, 1.54) is 19.2 Å². The zero-order valence-electron chi connectivity index (χ0n) is 8.27. The molecule has 1 aromatic rings. The van der Waals surface area contributed by atoms with Crippen LogP contribution in [0.5, 0.6) is 0 Å². The molecule has 0 bridgehead atoms. The summed E-state index contributed by atoms with van der Waals surface area (Å²) in [6, 6.07) is 5.33. The fourth-order valence-corrected chi connectivity index (χ4v) is 1.29. The molecular formula is C11H11F3O. The lowest BCUT2D eigenvalue weighted by molar-refractivity contribution is -0.137. The molecule has 4 heteroatoms. The van der Waals surface area contributed by atoms with E-state index in [0.717, 1.165) is 6.07 Å². The molecule has 0 saturated heterocycles. The fraction of sp³-hybridized carbons (Fsp3) is 0.273. The first-order valence-corrected chi connectivity index (χ1v) is 4.30. The van der Waals surface area contributed by atoms with Crippen molar-refractivity contribution in [1.82, 2.24) is 0 Å². The van der Waals surface area contributed by atoms with Gasteiger partial charge in [-0.2, -0.15) is 13.2 Å². The van der Waals surface area contributed by atoms with Crippen molar-refractivity contribution in [2.24, 2.45) is 0 Å². The Balaban J connectivity index is 3.12. The van der Waals surface area contributed by atoms with Crippen molar-refractivity contribution in [3.05, 3.63) is 42.0 Å². The Morgan fingerprint density at radius 2 is 1.93 bits per heavy atom. The molecule has 0 spiro atoms. The topological polar surface area (TPSA) is 9.23 Å². The number of alkyl halides is 3. The first-order valence-electron chi connectivity index (χ1n) is 4.30. The maximum Gasteiger partial charge on any atom is 0.416 e. The Hall–Kier alpha value is -1.29. The number of methoxy groups -OCH3 is 1. The summed E-state index contributed by atoms with van der Waals surface area (Å²) in [4.78, 5) is 0. The number of benzene rings is 1. The number of halogens is 3. The van der Waals surface area contributed by atoms with E-state index in [0.29, 0.717) is 5.57 Å². The molecule has 0 unspecified atom stereocenters. The fourth-order valence-electron chi connectivity index (χ4n) is 1.29. The summed E-state index contributed by atoms with van der Waals surface area (Å²) >= 11 is 0. The van der Waals surface area contributed by atoms with Crippen LogP contribution in [0.4, 0.5) is 13.2 Å². The Bertz CT molecular complexity index is 355. The van der Waals surface area contributed by atoms with Crippen molar-refractivity contribution in [3.8, 4) is 0 Å². The minimum absolute atomic E-state index is 0.0897. The van der Waals surface area contributed by atoms with Gasteiger partial charge in [0.15, 0.2) is 0 Å². The van der Waals surface area contributed by atoms with Gasteiger partial charge in [-0.05, 0) is 17.2 Å². The van der Waals surface area contributed by atoms with Crippen LogP contribution in [0.3, 0.4) is 0 Å². The van der Waals surface area contributed by atoms with Crippen molar-refractivity contribution in [1.29, 1.82) is 0 Å². The molecule has 0 aliphatic heterocycles. The number of hydrogen-bond acceptors (Lipinski definition) is 1. The molecule has 0 aliphatic rings. The van der Waals surface area contributed by atoms with E-state index < -0.39 is 11.7 Å². The van der Waals surface area contributed by atoms with E-state index in [4.69, 9.17) is 4.74 Å². The Labute approximate surface area is 86.2 Å². The van der Waals surface area contributed by atoms with Gasteiger partial charge in [-0.25, -0.2) is 0 Å². The van der Waals surface area contributed by atoms with Crippen molar-refractivity contribution >= 4 is 5.57 Å². The summed E-state index contributed by atoms with van der Waals surface area (Å²) < 4.78 is 42.5. The third kappa shape index (κ3) is 2.83. The molecule has 0 atom stereocenters. The largest absolute Gasteiger partial charge is 0.416 e. The van der Waals surface area contributed by atoms with Gasteiger partial charge in [-0.1, -0.05) is 24.8 Å². The maximum absolute atomic E-state index is 12.6. The highest BCUT2D eigenvalue weighted by Gasteiger charge is 2.33. The van der Waals surface area contributed by atoms with Crippen molar-refractivity contribution < 1.29 is 17.9 Å². The van der Waals surface area contributed by atoms with Crippen LogP contribution in [0.25, 0.3) is 5.57 Å². The molecule has 1 nitrogen and oxygen atoms in total. The number of hydrogen-bond donors (Lipinski definition) is 0. The van der Waals surface area contributed by atoms with Gasteiger partial charge in [0.2, 0.25) is 0 Å². The second kappa shape index (κ2) is 4.49. The van der Waals surface area contributed by atoms with E-state index in [1.54, 1.807) is 6.07 Å². The lowest BCUT2D eigenvalue weighted by Gasteiger charge is -2.13. The minimum Gasteiger partial charge on any atom is -0.380 e. The predicted octanol–water partition coefficient (Wildman–Crippen LogP) is 3.37. The molecule has 0 saturated carbocycles. The monoisotopic (exact) mass is 216 g/mol. The summed E-state index contributed by atoms with van der Waals surface area (Å²) in [5.74, 6) is 0. The summed E-state index contributed by atoms with van der Waals surface area (Å²) in [5.41, 5.74) is -0.260. The lowest BCUT2D eigenvalue weighted by atomic mass is 10.0. The molecule has 0 amide bonds. The average molecular weight is 216 g/mol. The van der Waals surface area contributed by atoms with E-state index in [-0.39, 0.29) is 12.2 Å². The first-order chi connectivity index (χ1) is 6.96. The summed E-state index contributed by atoms with van der Waals surface area (Å²) in [6.07, 6.45) is -4.35. The van der Waals surface area contributed by atoms with Gasteiger partial charge in [0.1, 0.15) is 0 Å². The molecule has 0 fully saturated rings. The Morgan fingerprint density at radius 3 is 2.47 bits per heavy atom.